The lowest BCUT2D eigenvalue weighted by atomic mass is 10.0. The fraction of sp³-hybridized carbons (Fsp3) is 0.615. The van der Waals surface area contributed by atoms with Gasteiger partial charge >= 0.3 is 6.18 Å². The third-order valence-electron chi connectivity index (χ3n) is 3.85. The molecular weight excluding hydrogens is 255 g/mol. The number of hydrogen-bond donors (Lipinski definition) is 1. The van der Waals surface area contributed by atoms with Crippen molar-refractivity contribution in [3.63, 3.8) is 0 Å². The van der Waals surface area contributed by atoms with Gasteiger partial charge in [0.25, 0.3) is 0 Å². The number of halogens is 3. The SMILES string of the molecule is CN(c1ncccc1C(F)(F)F)C1CCCC1CN. The zero-order chi connectivity index (χ0) is 14.0. The molecular formula is C13H18F3N3. The van der Waals surface area contributed by atoms with E-state index in [1.165, 1.54) is 12.3 Å². The predicted molar refractivity (Wildman–Crippen MR) is 67.8 cm³/mol. The van der Waals surface area contributed by atoms with Gasteiger partial charge in [0.05, 0.1) is 5.56 Å². The zero-order valence-corrected chi connectivity index (χ0v) is 10.8. The largest absolute Gasteiger partial charge is 0.419 e. The Labute approximate surface area is 110 Å². The van der Waals surface area contributed by atoms with Gasteiger partial charge in [-0.2, -0.15) is 13.2 Å². The molecule has 0 saturated heterocycles. The van der Waals surface area contributed by atoms with Gasteiger partial charge in [-0.25, -0.2) is 4.98 Å². The van der Waals surface area contributed by atoms with E-state index in [2.05, 4.69) is 4.98 Å². The van der Waals surface area contributed by atoms with E-state index in [1.54, 1.807) is 11.9 Å². The van der Waals surface area contributed by atoms with E-state index in [-0.39, 0.29) is 17.8 Å². The lowest BCUT2D eigenvalue weighted by Gasteiger charge is -2.31. The Kier molecular flexibility index (Phi) is 3.99. The van der Waals surface area contributed by atoms with Gasteiger partial charge in [0.2, 0.25) is 0 Å². The number of pyridine rings is 1. The number of anilines is 1. The molecule has 1 aromatic rings. The van der Waals surface area contributed by atoms with Crippen molar-refractivity contribution in [3.05, 3.63) is 23.9 Å². The van der Waals surface area contributed by atoms with Gasteiger partial charge in [-0.3, -0.25) is 0 Å². The summed E-state index contributed by atoms with van der Waals surface area (Å²) in [7, 11) is 1.68. The van der Waals surface area contributed by atoms with Crippen LogP contribution in [0, 0.1) is 5.92 Å². The molecule has 0 spiro atoms. The van der Waals surface area contributed by atoms with Crippen LogP contribution in [-0.4, -0.2) is 24.6 Å². The van der Waals surface area contributed by atoms with Crippen LogP contribution in [-0.2, 0) is 6.18 Å². The zero-order valence-electron chi connectivity index (χ0n) is 10.8. The van der Waals surface area contributed by atoms with Gasteiger partial charge in [-0.15, -0.1) is 0 Å². The monoisotopic (exact) mass is 273 g/mol. The topological polar surface area (TPSA) is 42.2 Å². The first-order chi connectivity index (χ1) is 8.95. The lowest BCUT2D eigenvalue weighted by molar-refractivity contribution is -0.137. The van der Waals surface area contributed by atoms with Gasteiger partial charge in [0.1, 0.15) is 5.82 Å². The van der Waals surface area contributed by atoms with Crippen molar-refractivity contribution in [1.82, 2.24) is 4.98 Å². The van der Waals surface area contributed by atoms with Crippen molar-refractivity contribution < 1.29 is 13.2 Å². The molecule has 2 rings (SSSR count). The maximum atomic E-state index is 13.0. The van der Waals surface area contributed by atoms with E-state index in [0.717, 1.165) is 25.3 Å². The standard InChI is InChI=1S/C13H18F3N3/c1-19(11-6-2-4-9(11)8-17)12-10(13(14,15)16)5-3-7-18-12/h3,5,7,9,11H,2,4,6,8,17H2,1H3. The van der Waals surface area contributed by atoms with Crippen LogP contribution in [0.3, 0.4) is 0 Å². The third kappa shape index (κ3) is 2.83. The molecule has 0 aliphatic heterocycles. The Bertz CT molecular complexity index is 433. The maximum absolute atomic E-state index is 13.0. The van der Waals surface area contributed by atoms with Crippen LogP contribution in [0.1, 0.15) is 24.8 Å². The Morgan fingerprint density at radius 3 is 2.79 bits per heavy atom. The van der Waals surface area contributed by atoms with E-state index < -0.39 is 11.7 Å². The van der Waals surface area contributed by atoms with Crippen LogP contribution < -0.4 is 10.6 Å². The molecule has 0 bridgehead atoms. The molecule has 1 aliphatic rings. The van der Waals surface area contributed by atoms with Crippen LogP contribution in [0.4, 0.5) is 19.0 Å². The van der Waals surface area contributed by atoms with Gasteiger partial charge in [-0.1, -0.05) is 6.42 Å². The van der Waals surface area contributed by atoms with Crippen LogP contribution in [0.15, 0.2) is 18.3 Å². The number of nitrogens with two attached hydrogens (primary N) is 1. The van der Waals surface area contributed by atoms with Crippen molar-refractivity contribution in [2.24, 2.45) is 11.7 Å². The average Bonchev–Trinajstić information content (AvgIpc) is 2.85. The predicted octanol–water partition coefficient (Wildman–Crippen LogP) is 2.66. The number of alkyl halides is 3. The van der Waals surface area contributed by atoms with Gasteiger partial charge in [0.15, 0.2) is 0 Å². The summed E-state index contributed by atoms with van der Waals surface area (Å²) in [6.45, 7) is 0.503. The molecule has 106 valence electrons. The van der Waals surface area contributed by atoms with E-state index in [0.29, 0.717) is 6.54 Å². The molecule has 0 radical (unpaired) electrons. The molecule has 0 amide bonds. The Morgan fingerprint density at radius 1 is 1.42 bits per heavy atom. The molecule has 2 atom stereocenters. The Balaban J connectivity index is 2.31. The summed E-state index contributed by atoms with van der Waals surface area (Å²) in [5, 5.41) is 0. The fourth-order valence-electron chi connectivity index (χ4n) is 2.86. The molecule has 2 unspecified atom stereocenters. The molecule has 1 aromatic heterocycles. The summed E-state index contributed by atoms with van der Waals surface area (Å²) in [5.41, 5.74) is 5.01. The molecule has 3 nitrogen and oxygen atoms in total. The minimum absolute atomic E-state index is 0.000324. The summed E-state index contributed by atoms with van der Waals surface area (Å²) >= 11 is 0. The summed E-state index contributed by atoms with van der Waals surface area (Å²) < 4.78 is 38.9. The highest BCUT2D eigenvalue weighted by Gasteiger charge is 2.38. The highest BCUT2D eigenvalue weighted by atomic mass is 19.4. The second-order valence-electron chi connectivity index (χ2n) is 4.98. The molecule has 1 saturated carbocycles. The molecule has 1 aliphatic carbocycles. The molecule has 1 heterocycles. The summed E-state index contributed by atoms with van der Waals surface area (Å²) in [6, 6.07) is 2.43. The van der Waals surface area contributed by atoms with Crippen LogP contribution in [0.5, 0.6) is 0 Å². The first-order valence-electron chi connectivity index (χ1n) is 6.40. The number of hydrogen-bond acceptors (Lipinski definition) is 3. The summed E-state index contributed by atoms with van der Waals surface area (Å²) in [5.74, 6) is 0.244. The Hall–Kier alpha value is -1.30. The van der Waals surface area contributed by atoms with Crippen molar-refractivity contribution in [2.45, 2.75) is 31.5 Å². The molecule has 19 heavy (non-hydrogen) atoms. The van der Waals surface area contributed by atoms with Crippen LogP contribution in [0.25, 0.3) is 0 Å². The van der Waals surface area contributed by atoms with Crippen molar-refractivity contribution in [1.29, 1.82) is 0 Å². The van der Waals surface area contributed by atoms with E-state index in [4.69, 9.17) is 5.73 Å². The molecule has 6 heteroatoms. The van der Waals surface area contributed by atoms with Crippen LogP contribution in [0.2, 0.25) is 0 Å². The summed E-state index contributed by atoms with van der Waals surface area (Å²) in [4.78, 5) is 5.57. The summed E-state index contributed by atoms with van der Waals surface area (Å²) in [6.07, 6.45) is -0.140. The minimum Gasteiger partial charge on any atom is -0.356 e. The highest BCUT2D eigenvalue weighted by molar-refractivity contribution is 5.48. The molecule has 1 fully saturated rings. The second kappa shape index (κ2) is 5.36. The van der Waals surface area contributed by atoms with E-state index in [1.807, 2.05) is 0 Å². The first kappa shape index (κ1) is 14.1. The number of rotatable bonds is 3. The van der Waals surface area contributed by atoms with Crippen LogP contribution >= 0.6 is 0 Å². The second-order valence-corrected chi connectivity index (χ2v) is 4.98. The molecule has 0 aromatic carbocycles. The molecule has 2 N–H and O–H groups in total. The average molecular weight is 273 g/mol. The minimum atomic E-state index is -4.38. The maximum Gasteiger partial charge on any atom is 0.419 e. The fourth-order valence-corrected chi connectivity index (χ4v) is 2.86. The highest BCUT2D eigenvalue weighted by Crippen LogP contribution is 2.38. The van der Waals surface area contributed by atoms with E-state index >= 15 is 0 Å². The van der Waals surface area contributed by atoms with Crippen molar-refractivity contribution >= 4 is 5.82 Å². The smallest absolute Gasteiger partial charge is 0.356 e. The van der Waals surface area contributed by atoms with Gasteiger partial charge < -0.3 is 10.6 Å². The van der Waals surface area contributed by atoms with Gasteiger partial charge in [-0.05, 0) is 37.4 Å². The number of aromatic nitrogens is 1. The quantitative estimate of drug-likeness (QED) is 0.920. The third-order valence-corrected chi connectivity index (χ3v) is 3.85. The number of nitrogens with zero attached hydrogens (tertiary/aromatic N) is 2. The van der Waals surface area contributed by atoms with Gasteiger partial charge in [0, 0.05) is 19.3 Å². The van der Waals surface area contributed by atoms with E-state index in [9.17, 15) is 13.2 Å². The normalized spacial score (nSPS) is 23.6. The first-order valence-corrected chi connectivity index (χ1v) is 6.40. The van der Waals surface area contributed by atoms with Crippen molar-refractivity contribution in [2.75, 3.05) is 18.5 Å². The lowest BCUT2D eigenvalue weighted by Crippen LogP contribution is -2.39. The van der Waals surface area contributed by atoms with Crippen molar-refractivity contribution in [3.8, 4) is 0 Å². The Morgan fingerprint density at radius 2 is 2.16 bits per heavy atom.